The fourth-order valence-electron chi connectivity index (χ4n) is 2.16. The molecule has 1 N–H and O–H groups in total. The highest BCUT2D eigenvalue weighted by Crippen LogP contribution is 2.31. The molecule has 1 saturated heterocycles. The molecule has 6 nitrogen and oxygen atoms in total. The van der Waals surface area contributed by atoms with Crippen LogP contribution in [-0.4, -0.2) is 35.5 Å². The predicted octanol–water partition coefficient (Wildman–Crippen LogP) is 2.83. The van der Waals surface area contributed by atoms with Gasteiger partial charge in [-0.15, -0.1) is 0 Å². The summed E-state index contributed by atoms with van der Waals surface area (Å²) in [5.74, 6) is 0.121. The number of methoxy groups -OCH3 is 1. The summed E-state index contributed by atoms with van der Waals surface area (Å²) in [6.07, 6.45) is 1.74. The monoisotopic (exact) mass is 314 g/mol. The van der Waals surface area contributed by atoms with E-state index in [1.165, 1.54) is 0 Å². The first-order valence-corrected chi connectivity index (χ1v) is 7.59. The second kappa shape index (κ2) is 6.75. The first-order chi connectivity index (χ1) is 10.0. The molecule has 0 aliphatic carbocycles. The maximum absolute atomic E-state index is 13.8. The third-order valence-corrected chi connectivity index (χ3v) is 4.32. The van der Waals surface area contributed by atoms with Crippen molar-refractivity contribution in [3.63, 3.8) is 0 Å². The van der Waals surface area contributed by atoms with Gasteiger partial charge >= 0.3 is 5.97 Å². The number of carbonyl (C=O) groups excluding carboxylic acids is 1. The van der Waals surface area contributed by atoms with E-state index in [0.29, 0.717) is 0 Å². The van der Waals surface area contributed by atoms with Crippen LogP contribution in [0.3, 0.4) is 0 Å². The number of halogens is 1. The van der Waals surface area contributed by atoms with Crippen molar-refractivity contribution in [3.05, 3.63) is 33.6 Å². The van der Waals surface area contributed by atoms with Crippen molar-refractivity contribution in [1.82, 2.24) is 0 Å². The smallest absolute Gasteiger partial charge is 0.340 e. The van der Waals surface area contributed by atoms with Crippen LogP contribution in [0.2, 0.25) is 0 Å². The molecule has 0 bridgehead atoms. The largest absolute Gasteiger partial charge is 0.465 e. The quantitative estimate of drug-likeness (QED) is 0.523. The lowest BCUT2D eigenvalue weighted by Gasteiger charge is -2.23. The van der Waals surface area contributed by atoms with Crippen LogP contribution in [0.4, 0.5) is 15.8 Å². The zero-order valence-corrected chi connectivity index (χ0v) is 12.2. The maximum atomic E-state index is 13.8. The SMILES string of the molecule is COC(=O)c1cc(NC2CCSCC2)c([N+](=O)[O-])cc1F. The lowest BCUT2D eigenvalue weighted by Crippen LogP contribution is -2.25. The molecule has 21 heavy (non-hydrogen) atoms. The van der Waals surface area contributed by atoms with Gasteiger partial charge in [0.15, 0.2) is 0 Å². The summed E-state index contributed by atoms with van der Waals surface area (Å²) in [6, 6.07) is 1.99. The molecule has 1 fully saturated rings. The van der Waals surface area contributed by atoms with E-state index < -0.39 is 16.7 Å². The molecule has 1 aliphatic heterocycles. The molecule has 0 radical (unpaired) electrons. The molecule has 0 saturated carbocycles. The van der Waals surface area contributed by atoms with Crippen LogP contribution in [0.5, 0.6) is 0 Å². The molecule has 1 heterocycles. The van der Waals surface area contributed by atoms with Gasteiger partial charge in [0.25, 0.3) is 5.69 Å². The Morgan fingerprint density at radius 2 is 2.14 bits per heavy atom. The third kappa shape index (κ3) is 3.63. The van der Waals surface area contributed by atoms with E-state index in [2.05, 4.69) is 10.1 Å². The van der Waals surface area contributed by atoms with E-state index in [0.717, 1.165) is 43.6 Å². The molecule has 0 amide bonds. The van der Waals surface area contributed by atoms with Crippen molar-refractivity contribution in [3.8, 4) is 0 Å². The summed E-state index contributed by atoms with van der Waals surface area (Å²) >= 11 is 1.83. The Balaban J connectivity index is 2.35. The number of benzene rings is 1. The normalized spacial score (nSPS) is 15.5. The summed E-state index contributed by atoms with van der Waals surface area (Å²) in [7, 11) is 1.13. The topological polar surface area (TPSA) is 81.5 Å². The minimum absolute atomic E-state index is 0.0842. The number of anilines is 1. The second-order valence-corrected chi connectivity index (χ2v) is 5.85. The van der Waals surface area contributed by atoms with Gasteiger partial charge in [0.2, 0.25) is 0 Å². The molecule has 0 aromatic heterocycles. The zero-order valence-electron chi connectivity index (χ0n) is 11.4. The molecule has 1 aliphatic rings. The van der Waals surface area contributed by atoms with Crippen molar-refractivity contribution in [1.29, 1.82) is 0 Å². The van der Waals surface area contributed by atoms with Gasteiger partial charge in [-0.1, -0.05) is 0 Å². The summed E-state index contributed by atoms with van der Waals surface area (Å²) in [5, 5.41) is 14.1. The highest BCUT2D eigenvalue weighted by molar-refractivity contribution is 7.99. The van der Waals surface area contributed by atoms with E-state index in [9.17, 15) is 19.3 Å². The number of nitro benzene ring substituents is 1. The first kappa shape index (κ1) is 15.6. The second-order valence-electron chi connectivity index (χ2n) is 4.63. The molecule has 2 rings (SSSR count). The number of hydrogen-bond donors (Lipinski definition) is 1. The summed E-state index contributed by atoms with van der Waals surface area (Å²) in [5.41, 5.74) is -0.534. The number of carbonyl (C=O) groups is 1. The number of hydrogen-bond acceptors (Lipinski definition) is 6. The van der Waals surface area contributed by atoms with Crippen molar-refractivity contribution in [2.24, 2.45) is 0 Å². The molecule has 1 aromatic carbocycles. The van der Waals surface area contributed by atoms with Crippen LogP contribution >= 0.6 is 11.8 Å². The Morgan fingerprint density at radius 3 is 2.71 bits per heavy atom. The van der Waals surface area contributed by atoms with E-state index in [-0.39, 0.29) is 23.0 Å². The molecular formula is C13H15FN2O4S. The van der Waals surface area contributed by atoms with Crippen LogP contribution in [0, 0.1) is 15.9 Å². The summed E-state index contributed by atoms with van der Waals surface area (Å²) < 4.78 is 18.3. The lowest BCUT2D eigenvalue weighted by atomic mass is 10.1. The van der Waals surface area contributed by atoms with Crippen LogP contribution < -0.4 is 5.32 Å². The summed E-state index contributed by atoms with van der Waals surface area (Å²) in [4.78, 5) is 21.9. The van der Waals surface area contributed by atoms with Crippen LogP contribution in [0.25, 0.3) is 0 Å². The molecular weight excluding hydrogens is 299 g/mol. The van der Waals surface area contributed by atoms with Gasteiger partial charge in [-0.05, 0) is 30.4 Å². The van der Waals surface area contributed by atoms with Gasteiger partial charge in [0.1, 0.15) is 11.5 Å². The molecule has 8 heteroatoms. The van der Waals surface area contributed by atoms with E-state index in [1.807, 2.05) is 11.8 Å². The van der Waals surface area contributed by atoms with Crippen LogP contribution in [0.15, 0.2) is 12.1 Å². The summed E-state index contributed by atoms with van der Waals surface area (Å²) in [6.45, 7) is 0. The first-order valence-electron chi connectivity index (χ1n) is 6.43. The number of nitrogens with one attached hydrogen (secondary N) is 1. The molecule has 0 atom stereocenters. The average Bonchev–Trinajstić information content (AvgIpc) is 2.48. The number of esters is 1. The number of nitro groups is 1. The average molecular weight is 314 g/mol. The maximum Gasteiger partial charge on any atom is 0.340 e. The molecule has 0 spiro atoms. The van der Waals surface area contributed by atoms with E-state index in [1.54, 1.807) is 0 Å². The molecule has 1 aromatic rings. The minimum Gasteiger partial charge on any atom is -0.465 e. The third-order valence-electron chi connectivity index (χ3n) is 3.27. The number of ether oxygens (including phenoxy) is 1. The highest BCUT2D eigenvalue weighted by atomic mass is 32.2. The molecule has 114 valence electrons. The van der Waals surface area contributed by atoms with Crippen LogP contribution in [0.1, 0.15) is 23.2 Å². The zero-order chi connectivity index (χ0) is 15.4. The van der Waals surface area contributed by atoms with Crippen molar-refractivity contribution < 1.29 is 18.8 Å². The van der Waals surface area contributed by atoms with Gasteiger partial charge in [0.05, 0.1) is 23.7 Å². The van der Waals surface area contributed by atoms with E-state index in [4.69, 9.17) is 0 Å². The number of nitrogens with zero attached hydrogens (tertiary/aromatic N) is 1. The minimum atomic E-state index is -0.960. The fourth-order valence-corrected chi connectivity index (χ4v) is 3.26. The highest BCUT2D eigenvalue weighted by Gasteiger charge is 2.24. The van der Waals surface area contributed by atoms with E-state index >= 15 is 0 Å². The Bertz CT molecular complexity index is 561. The van der Waals surface area contributed by atoms with Gasteiger partial charge < -0.3 is 10.1 Å². The Labute approximate surface area is 125 Å². The van der Waals surface area contributed by atoms with Gasteiger partial charge in [-0.2, -0.15) is 11.8 Å². The Kier molecular flexibility index (Phi) is 5.00. The Morgan fingerprint density at radius 1 is 1.48 bits per heavy atom. The van der Waals surface area contributed by atoms with Gasteiger partial charge in [-0.3, -0.25) is 10.1 Å². The predicted molar refractivity (Wildman–Crippen MR) is 78.4 cm³/mol. The van der Waals surface area contributed by atoms with Crippen LogP contribution in [-0.2, 0) is 4.74 Å². The fraction of sp³-hybridized carbons (Fsp3) is 0.462. The van der Waals surface area contributed by atoms with Crippen molar-refractivity contribution in [2.75, 3.05) is 23.9 Å². The van der Waals surface area contributed by atoms with Crippen molar-refractivity contribution >= 4 is 29.1 Å². The Hall–Kier alpha value is -1.83. The van der Waals surface area contributed by atoms with Gasteiger partial charge in [-0.25, -0.2) is 9.18 Å². The standard InChI is InChI=1S/C13H15FN2O4S/c1-20-13(17)9-6-11(12(16(18)19)7-10(9)14)15-8-2-4-21-5-3-8/h6-8,15H,2-5H2,1H3. The number of thioether (sulfide) groups is 1. The molecule has 0 unspecified atom stereocenters. The number of rotatable bonds is 4. The lowest BCUT2D eigenvalue weighted by molar-refractivity contribution is -0.384. The van der Waals surface area contributed by atoms with Gasteiger partial charge in [0, 0.05) is 6.04 Å². The van der Waals surface area contributed by atoms with Crippen molar-refractivity contribution in [2.45, 2.75) is 18.9 Å².